The van der Waals surface area contributed by atoms with E-state index < -0.39 is 5.91 Å². The first-order valence-electron chi connectivity index (χ1n) is 8.46. The van der Waals surface area contributed by atoms with Gasteiger partial charge in [-0.3, -0.25) is 20.4 Å². The molecule has 2 aromatic rings. The van der Waals surface area contributed by atoms with Crippen LogP contribution in [0.3, 0.4) is 0 Å². The highest BCUT2D eigenvalue weighted by Gasteiger charge is 2.16. The Morgan fingerprint density at radius 2 is 2.04 bits per heavy atom. The molecule has 1 aromatic heterocycles. The second kappa shape index (κ2) is 8.07. The molecule has 3 rings (SSSR count). The Balaban J connectivity index is 1.54. The van der Waals surface area contributed by atoms with Crippen LogP contribution in [0.2, 0.25) is 0 Å². The lowest BCUT2D eigenvalue weighted by molar-refractivity contribution is -0.122. The van der Waals surface area contributed by atoms with Crippen LogP contribution in [-0.4, -0.2) is 16.8 Å². The van der Waals surface area contributed by atoms with E-state index in [-0.39, 0.29) is 11.8 Å². The normalized spacial score (nSPS) is 16.0. The largest absolute Gasteiger partial charge is 0.289 e. The molecule has 0 saturated heterocycles. The molecule has 25 heavy (non-hydrogen) atoms. The van der Waals surface area contributed by atoms with Gasteiger partial charge in [0.2, 0.25) is 5.91 Å². The monoisotopic (exact) mass is 355 g/mol. The zero-order valence-corrected chi connectivity index (χ0v) is 14.9. The maximum atomic E-state index is 12.1. The molecule has 1 aliphatic rings. The lowest BCUT2D eigenvalue weighted by Gasteiger charge is -2.09. The van der Waals surface area contributed by atoms with E-state index in [0.29, 0.717) is 12.1 Å². The van der Waals surface area contributed by atoms with E-state index in [0.717, 1.165) is 29.8 Å². The number of hydrogen-bond acceptors (Lipinski definition) is 4. The summed E-state index contributed by atoms with van der Waals surface area (Å²) in [4.78, 5) is 28.3. The Morgan fingerprint density at radius 1 is 1.24 bits per heavy atom. The molecule has 1 heterocycles. The van der Waals surface area contributed by atoms with Crippen LogP contribution in [0, 0.1) is 5.92 Å². The minimum atomic E-state index is -0.400. The highest BCUT2D eigenvalue weighted by atomic mass is 32.1. The number of hydrogen-bond donors (Lipinski definition) is 2. The minimum Gasteiger partial charge on any atom is -0.273 e. The molecule has 0 spiro atoms. The Kier molecular flexibility index (Phi) is 5.60. The van der Waals surface area contributed by atoms with E-state index in [4.69, 9.17) is 0 Å². The maximum Gasteiger partial charge on any atom is 0.289 e. The number of rotatable bonds is 5. The van der Waals surface area contributed by atoms with Crippen molar-refractivity contribution < 1.29 is 9.59 Å². The Bertz CT molecular complexity index is 780. The topological polar surface area (TPSA) is 71.1 Å². The summed E-state index contributed by atoms with van der Waals surface area (Å²) in [5.41, 5.74) is 7.45. The number of benzene rings is 1. The quantitative estimate of drug-likeness (QED) is 0.637. The van der Waals surface area contributed by atoms with Crippen molar-refractivity contribution in [2.45, 2.75) is 32.6 Å². The summed E-state index contributed by atoms with van der Waals surface area (Å²) in [6.45, 7) is 2.11. The predicted molar refractivity (Wildman–Crippen MR) is 99.0 cm³/mol. The van der Waals surface area contributed by atoms with E-state index in [9.17, 15) is 9.59 Å². The number of amides is 2. The highest BCUT2D eigenvalue weighted by molar-refractivity contribution is 7.13. The van der Waals surface area contributed by atoms with Gasteiger partial charge in [-0.05, 0) is 30.7 Å². The summed E-state index contributed by atoms with van der Waals surface area (Å²) in [7, 11) is 0. The Hall–Kier alpha value is -2.47. The average Bonchev–Trinajstić information content (AvgIpc) is 3.31. The number of aryl methyl sites for hydroxylation is 1. The van der Waals surface area contributed by atoms with E-state index in [1.807, 2.05) is 12.1 Å². The minimum absolute atomic E-state index is 0.185. The third-order valence-electron chi connectivity index (χ3n) is 4.22. The Labute approximate surface area is 151 Å². The molecule has 2 N–H and O–H groups in total. The molecule has 130 valence electrons. The zero-order chi connectivity index (χ0) is 17.6. The van der Waals surface area contributed by atoms with Gasteiger partial charge in [-0.25, -0.2) is 4.98 Å². The number of nitrogens with zero attached hydrogens (tertiary/aromatic N) is 1. The van der Waals surface area contributed by atoms with Gasteiger partial charge in [0.05, 0.1) is 0 Å². The van der Waals surface area contributed by atoms with E-state index in [1.54, 1.807) is 5.38 Å². The third-order valence-corrected chi connectivity index (χ3v) is 5.11. The van der Waals surface area contributed by atoms with Crippen LogP contribution in [0.4, 0.5) is 0 Å². The van der Waals surface area contributed by atoms with Gasteiger partial charge < -0.3 is 0 Å². The van der Waals surface area contributed by atoms with Crippen LogP contribution in [-0.2, 0) is 11.2 Å². The van der Waals surface area contributed by atoms with Gasteiger partial charge in [0.25, 0.3) is 5.91 Å². The highest BCUT2D eigenvalue weighted by Crippen LogP contribution is 2.24. The van der Waals surface area contributed by atoms with E-state index >= 15 is 0 Å². The van der Waals surface area contributed by atoms with Crippen LogP contribution in [0.1, 0.15) is 42.2 Å². The first kappa shape index (κ1) is 17.4. The molecule has 1 aliphatic carbocycles. The first-order chi connectivity index (χ1) is 12.2. The molecule has 0 radical (unpaired) electrons. The molecule has 1 atom stereocenters. The summed E-state index contributed by atoms with van der Waals surface area (Å²) in [6.07, 6.45) is 7.53. The number of allylic oxidation sites excluding steroid dienone is 2. The van der Waals surface area contributed by atoms with Gasteiger partial charge in [0.15, 0.2) is 0 Å². The SMILES string of the molecule is CCc1ccc(-c2nc(C(=O)NNC(=O)C[C@@H]3C=CCC3)cs2)cc1. The molecule has 5 nitrogen and oxygen atoms in total. The van der Waals surface area contributed by atoms with Crippen molar-refractivity contribution in [1.82, 2.24) is 15.8 Å². The maximum absolute atomic E-state index is 12.1. The Morgan fingerprint density at radius 3 is 2.72 bits per heavy atom. The van der Waals surface area contributed by atoms with Crippen molar-refractivity contribution in [3.63, 3.8) is 0 Å². The first-order valence-corrected chi connectivity index (χ1v) is 9.34. The molecule has 6 heteroatoms. The van der Waals surface area contributed by atoms with Crippen LogP contribution < -0.4 is 10.9 Å². The predicted octanol–water partition coefficient (Wildman–Crippen LogP) is 3.49. The number of carbonyl (C=O) groups excluding carboxylic acids is 2. The van der Waals surface area contributed by atoms with Crippen molar-refractivity contribution in [1.29, 1.82) is 0 Å². The van der Waals surface area contributed by atoms with Gasteiger partial charge in [-0.1, -0.05) is 43.3 Å². The summed E-state index contributed by atoms with van der Waals surface area (Å²) < 4.78 is 0. The average molecular weight is 355 g/mol. The summed E-state index contributed by atoms with van der Waals surface area (Å²) in [6, 6.07) is 8.15. The van der Waals surface area contributed by atoms with E-state index in [1.165, 1.54) is 16.9 Å². The smallest absolute Gasteiger partial charge is 0.273 e. The molecule has 1 aromatic carbocycles. The second-order valence-electron chi connectivity index (χ2n) is 6.06. The van der Waals surface area contributed by atoms with Crippen LogP contribution in [0.25, 0.3) is 10.6 Å². The fourth-order valence-corrected chi connectivity index (χ4v) is 3.54. The van der Waals surface area contributed by atoms with Gasteiger partial charge in [-0.2, -0.15) is 0 Å². The van der Waals surface area contributed by atoms with Crippen molar-refractivity contribution in [3.8, 4) is 10.6 Å². The molecule has 0 unspecified atom stereocenters. The molecule has 0 aliphatic heterocycles. The van der Waals surface area contributed by atoms with Gasteiger partial charge in [0.1, 0.15) is 10.7 Å². The fraction of sp³-hybridized carbons (Fsp3) is 0.316. The van der Waals surface area contributed by atoms with Gasteiger partial charge >= 0.3 is 0 Å². The zero-order valence-electron chi connectivity index (χ0n) is 14.1. The molecule has 0 bridgehead atoms. The molecule has 0 saturated carbocycles. The van der Waals surface area contributed by atoms with Gasteiger partial charge in [0, 0.05) is 17.4 Å². The van der Waals surface area contributed by atoms with Crippen LogP contribution in [0.5, 0.6) is 0 Å². The number of aromatic nitrogens is 1. The van der Waals surface area contributed by atoms with Crippen molar-refractivity contribution in [2.24, 2.45) is 5.92 Å². The molecular weight excluding hydrogens is 334 g/mol. The van der Waals surface area contributed by atoms with Crippen molar-refractivity contribution >= 4 is 23.2 Å². The summed E-state index contributed by atoms with van der Waals surface area (Å²) in [5, 5.41) is 2.49. The molecular formula is C19H21N3O2S. The number of carbonyl (C=O) groups is 2. The van der Waals surface area contributed by atoms with Crippen LogP contribution in [0.15, 0.2) is 41.8 Å². The summed E-state index contributed by atoms with van der Waals surface area (Å²) >= 11 is 1.41. The third kappa shape index (κ3) is 4.54. The fourth-order valence-electron chi connectivity index (χ4n) is 2.74. The van der Waals surface area contributed by atoms with Crippen LogP contribution >= 0.6 is 11.3 Å². The summed E-state index contributed by atoms with van der Waals surface area (Å²) in [5.74, 6) is -0.313. The van der Waals surface area contributed by atoms with Crippen molar-refractivity contribution in [2.75, 3.05) is 0 Å². The number of thiazole rings is 1. The van der Waals surface area contributed by atoms with Crippen molar-refractivity contribution in [3.05, 3.63) is 53.1 Å². The lowest BCUT2D eigenvalue weighted by Crippen LogP contribution is -2.42. The molecule has 0 fully saturated rings. The standard InChI is InChI=1S/C19H21N3O2S/c1-2-13-7-9-15(10-8-13)19-20-16(12-25-19)18(24)22-21-17(23)11-14-5-3-4-6-14/h3,5,7-10,12,14H,2,4,6,11H2,1H3,(H,21,23)(H,22,24)/t14-/m1/s1. The lowest BCUT2D eigenvalue weighted by atomic mass is 10.1. The molecule has 2 amide bonds. The number of hydrazine groups is 1. The van der Waals surface area contributed by atoms with Gasteiger partial charge in [-0.15, -0.1) is 11.3 Å². The van der Waals surface area contributed by atoms with E-state index in [2.05, 4.69) is 47.0 Å². The second-order valence-corrected chi connectivity index (χ2v) is 6.92. The number of nitrogens with one attached hydrogen (secondary N) is 2.